The summed E-state index contributed by atoms with van der Waals surface area (Å²) in [6.07, 6.45) is 5.16. The van der Waals surface area contributed by atoms with E-state index in [1.807, 2.05) is 0 Å². The van der Waals surface area contributed by atoms with Gasteiger partial charge in [0.1, 0.15) is 11.7 Å². The third kappa shape index (κ3) is 35.2. The van der Waals surface area contributed by atoms with Crippen LogP contribution >= 0.6 is 0 Å². The van der Waals surface area contributed by atoms with Gasteiger partial charge in [-0.3, -0.25) is 0 Å². The minimum absolute atomic E-state index is 0. The van der Waals surface area contributed by atoms with Crippen molar-refractivity contribution < 1.29 is 319 Å². The maximum Gasteiger partial charge on any atom is 1.00 e. The number of carboxylic acid groups (broad SMARTS) is 3. The second-order valence-electron chi connectivity index (χ2n) is 3.83. The fourth-order valence-corrected chi connectivity index (χ4v) is 1.09. The van der Waals surface area contributed by atoms with E-state index in [-0.39, 0.29) is 287 Å². The summed E-state index contributed by atoms with van der Waals surface area (Å²) >= 11 is 0. The van der Waals surface area contributed by atoms with Gasteiger partial charge in [0, 0.05) is 11.9 Å². The zero-order valence-electron chi connectivity index (χ0n) is 19.3. The standard InChI is InChI=1S/C5H4O3.2C5H3O3.2CO2.5K/c3*6-5(7)4-2-1-3-8-4;2*2-1-3;;;;;/h1-3H,(H,6,7);2-3H,(H,6,7);1-2H,(H,6,7);;;;;;;/q;2*-1;;;5*+1/p-3. The predicted octanol–water partition coefficient (Wildman–Crippen LogP) is -17.6. The second-order valence-corrected chi connectivity index (χ2v) is 3.83. The van der Waals surface area contributed by atoms with E-state index in [0.29, 0.717) is 0 Å². The first kappa shape index (κ1) is 54.3. The van der Waals surface area contributed by atoms with Gasteiger partial charge in [-0.25, -0.2) is 6.07 Å². The Morgan fingerprint density at radius 2 is 1.17 bits per heavy atom. The molecule has 0 radical (unpaired) electrons. The van der Waals surface area contributed by atoms with Crippen molar-refractivity contribution >= 4 is 30.2 Å². The van der Waals surface area contributed by atoms with E-state index in [9.17, 15) is 29.7 Å². The van der Waals surface area contributed by atoms with Crippen LogP contribution in [0.1, 0.15) is 31.7 Å². The molecule has 0 saturated carbocycles. The second kappa shape index (κ2) is 39.3. The van der Waals surface area contributed by atoms with Crippen molar-refractivity contribution in [2.24, 2.45) is 0 Å². The fraction of sp³-hybridized carbons (Fsp3) is 0. The van der Waals surface area contributed by atoms with Crippen LogP contribution in [0.3, 0.4) is 0 Å². The molecule has 3 aromatic heterocycles. The first-order chi connectivity index (χ1) is 14.2. The first-order valence-corrected chi connectivity index (χ1v) is 6.81. The topological polar surface area (TPSA) is 228 Å². The van der Waals surface area contributed by atoms with E-state index in [2.05, 4.69) is 25.6 Å². The van der Waals surface area contributed by atoms with Gasteiger partial charge in [-0.15, -0.1) is 6.07 Å². The SMILES string of the molecule is O=C([O-])c1c[c-]co1.O=C([O-])c1cc[c-]o1.O=C([O-])c1ccco1.O=C=O.O=C=O.[K+].[K+].[K+].[K+].[K+]. The Morgan fingerprint density at radius 1 is 0.714 bits per heavy atom. The third-order valence-corrected chi connectivity index (χ3v) is 2.06. The van der Waals surface area contributed by atoms with Gasteiger partial charge < -0.3 is 43.0 Å². The summed E-state index contributed by atoms with van der Waals surface area (Å²) in [5.74, 6) is -4.42. The minimum atomic E-state index is -1.31. The van der Waals surface area contributed by atoms with Crippen molar-refractivity contribution in [3.8, 4) is 0 Å². The predicted molar refractivity (Wildman–Crippen MR) is 76.8 cm³/mol. The van der Waals surface area contributed by atoms with Crippen LogP contribution in [-0.4, -0.2) is 30.2 Å². The molecule has 18 heteroatoms. The molecule has 0 saturated heterocycles. The van der Waals surface area contributed by atoms with Crippen LogP contribution in [0.4, 0.5) is 0 Å². The Kier molecular flexibility index (Phi) is 61.0. The summed E-state index contributed by atoms with van der Waals surface area (Å²) in [4.78, 5) is 62.0. The van der Waals surface area contributed by atoms with Gasteiger partial charge in [0.25, 0.3) is 0 Å². The molecule has 0 fully saturated rings. The van der Waals surface area contributed by atoms with Crippen LogP contribution in [0, 0.1) is 12.3 Å². The van der Waals surface area contributed by atoms with Gasteiger partial charge >= 0.3 is 269 Å². The zero-order valence-corrected chi connectivity index (χ0v) is 35.0. The molecule has 13 nitrogen and oxygen atoms in total. The first-order valence-electron chi connectivity index (χ1n) is 6.81. The average molecular weight is 615 g/mol. The number of carboxylic acids is 3. The van der Waals surface area contributed by atoms with E-state index < -0.39 is 17.9 Å². The molecule has 0 aliphatic rings. The molecule has 0 N–H and O–H groups in total. The molecule has 3 heterocycles. The van der Waals surface area contributed by atoms with E-state index in [1.165, 1.54) is 36.6 Å². The molecular formula is C17H7K5O13. The van der Waals surface area contributed by atoms with Crippen LogP contribution in [0.5, 0.6) is 0 Å². The van der Waals surface area contributed by atoms with Gasteiger partial charge in [-0.2, -0.15) is 31.3 Å². The Bertz CT molecular complexity index is 810. The van der Waals surface area contributed by atoms with E-state index in [4.69, 9.17) is 19.2 Å². The number of rotatable bonds is 3. The Labute approximate surface area is 410 Å². The average Bonchev–Trinajstić information content (AvgIpc) is 3.48. The molecule has 0 unspecified atom stereocenters. The van der Waals surface area contributed by atoms with E-state index in [0.717, 1.165) is 6.26 Å². The molecule has 0 aliphatic heterocycles. The Morgan fingerprint density at radius 3 is 1.34 bits per heavy atom. The normalized spacial score (nSPS) is 6.63. The number of hydrogen-bond acceptors (Lipinski definition) is 13. The molecular weight excluding hydrogens is 608 g/mol. The van der Waals surface area contributed by atoms with Gasteiger partial charge in [-0.1, -0.05) is 0 Å². The van der Waals surface area contributed by atoms with Crippen molar-refractivity contribution in [1.29, 1.82) is 0 Å². The molecule has 0 spiro atoms. The summed E-state index contributed by atoms with van der Waals surface area (Å²) in [5.41, 5.74) is 0. The van der Waals surface area contributed by atoms with E-state index >= 15 is 0 Å². The Hall–Kier alpha value is 3.19. The number of hydrogen-bond donors (Lipinski definition) is 0. The Balaban J connectivity index is -0.0000000568. The van der Waals surface area contributed by atoms with Gasteiger partial charge in [0.05, 0.1) is 6.26 Å². The van der Waals surface area contributed by atoms with Gasteiger partial charge in [-0.05, 0) is 36.2 Å². The number of aromatic carboxylic acids is 3. The zero-order chi connectivity index (χ0) is 23.4. The molecule has 0 amide bonds. The third-order valence-electron chi connectivity index (χ3n) is 2.06. The van der Waals surface area contributed by atoms with Crippen LogP contribution in [0.25, 0.3) is 0 Å². The number of carbonyl (C=O) groups is 3. The quantitative estimate of drug-likeness (QED) is 0.197. The fourth-order valence-electron chi connectivity index (χ4n) is 1.09. The van der Waals surface area contributed by atoms with Crippen LogP contribution in [0.15, 0.2) is 56.1 Å². The molecule has 0 aliphatic carbocycles. The van der Waals surface area contributed by atoms with Crippen LogP contribution < -0.4 is 272 Å². The largest absolute Gasteiger partial charge is 1.00 e. The van der Waals surface area contributed by atoms with Crippen molar-refractivity contribution in [3.05, 3.63) is 72.5 Å². The van der Waals surface area contributed by atoms with E-state index in [1.54, 1.807) is 0 Å². The summed E-state index contributed by atoms with van der Waals surface area (Å²) in [6, 6.07) is 9.09. The summed E-state index contributed by atoms with van der Waals surface area (Å²) in [5, 5.41) is 29.5. The van der Waals surface area contributed by atoms with Crippen molar-refractivity contribution in [2.75, 3.05) is 0 Å². The minimum Gasteiger partial charge on any atom is -0.590 e. The summed E-state index contributed by atoms with van der Waals surface area (Å²) in [6.45, 7) is 0. The molecule has 35 heavy (non-hydrogen) atoms. The molecule has 0 bridgehead atoms. The molecule has 0 atom stereocenters. The smallest absolute Gasteiger partial charge is 0.590 e. The molecule has 0 aromatic carbocycles. The monoisotopic (exact) mass is 614 g/mol. The maximum absolute atomic E-state index is 9.86. The summed E-state index contributed by atoms with van der Waals surface area (Å²) < 4.78 is 13.1. The van der Waals surface area contributed by atoms with Crippen molar-refractivity contribution in [1.82, 2.24) is 0 Å². The number of furan rings is 3. The van der Waals surface area contributed by atoms with Crippen molar-refractivity contribution in [3.63, 3.8) is 0 Å². The molecule has 158 valence electrons. The van der Waals surface area contributed by atoms with Crippen LogP contribution in [-0.2, 0) is 19.2 Å². The van der Waals surface area contributed by atoms with Gasteiger partial charge in [0.15, 0.2) is 0 Å². The molecule has 3 rings (SSSR count). The van der Waals surface area contributed by atoms with Crippen molar-refractivity contribution in [2.45, 2.75) is 0 Å². The van der Waals surface area contributed by atoms with Gasteiger partial charge in [0.2, 0.25) is 0 Å². The summed E-state index contributed by atoms with van der Waals surface area (Å²) in [7, 11) is 0. The van der Waals surface area contributed by atoms with Crippen LogP contribution in [0.2, 0.25) is 0 Å². The number of carbonyl (C=O) groups excluding carboxylic acids is 7. The maximum atomic E-state index is 9.86. The molecule has 3 aromatic rings.